The minimum Gasteiger partial charge on any atom is -0.497 e. The number of aryl methyl sites for hydroxylation is 1. The SMILES string of the molecule is COc1ccc2ncc(CF)c(C(F)CCC3(CC(=O)O)CCN(CCCc4ccccc4)CC3)c2c1. The van der Waals surface area contributed by atoms with Gasteiger partial charge in [-0.05, 0) is 87.3 Å². The number of piperidine rings is 1. The van der Waals surface area contributed by atoms with Gasteiger partial charge >= 0.3 is 5.97 Å². The second-order valence-corrected chi connectivity index (χ2v) is 10.2. The molecule has 0 saturated carbocycles. The number of carbonyl (C=O) groups is 1. The van der Waals surface area contributed by atoms with Gasteiger partial charge in [0.2, 0.25) is 0 Å². The summed E-state index contributed by atoms with van der Waals surface area (Å²) in [5.41, 5.74) is 1.98. The van der Waals surface area contributed by atoms with Gasteiger partial charge in [0.25, 0.3) is 0 Å². The van der Waals surface area contributed by atoms with Gasteiger partial charge in [0.1, 0.15) is 18.6 Å². The van der Waals surface area contributed by atoms with Crippen LogP contribution in [-0.2, 0) is 17.9 Å². The number of hydrogen-bond donors (Lipinski definition) is 1. The fraction of sp³-hybridized carbons (Fsp3) is 0.467. The molecule has 4 rings (SSSR count). The number of carboxylic acid groups (broad SMARTS) is 1. The van der Waals surface area contributed by atoms with Crippen molar-refractivity contribution < 1.29 is 23.4 Å². The number of alkyl halides is 2. The zero-order valence-electron chi connectivity index (χ0n) is 21.5. The first-order valence-corrected chi connectivity index (χ1v) is 13.1. The molecule has 37 heavy (non-hydrogen) atoms. The predicted molar refractivity (Wildman–Crippen MR) is 141 cm³/mol. The van der Waals surface area contributed by atoms with Gasteiger partial charge in [0.15, 0.2) is 0 Å². The Labute approximate surface area is 217 Å². The monoisotopic (exact) mass is 510 g/mol. The maximum absolute atomic E-state index is 15.8. The first-order valence-electron chi connectivity index (χ1n) is 13.1. The number of hydrogen-bond acceptors (Lipinski definition) is 4. The highest BCUT2D eigenvalue weighted by atomic mass is 19.1. The first-order chi connectivity index (χ1) is 17.9. The molecule has 0 amide bonds. The molecule has 1 atom stereocenters. The second kappa shape index (κ2) is 12.5. The lowest BCUT2D eigenvalue weighted by atomic mass is 9.71. The number of aromatic nitrogens is 1. The fourth-order valence-electron chi connectivity index (χ4n) is 5.65. The smallest absolute Gasteiger partial charge is 0.303 e. The maximum atomic E-state index is 15.8. The van der Waals surface area contributed by atoms with Gasteiger partial charge in [-0.15, -0.1) is 0 Å². The summed E-state index contributed by atoms with van der Waals surface area (Å²) in [4.78, 5) is 18.4. The number of halogens is 2. The molecule has 2 heterocycles. The Bertz CT molecular complexity index is 1170. The number of pyridine rings is 1. The fourth-order valence-corrected chi connectivity index (χ4v) is 5.65. The highest BCUT2D eigenvalue weighted by molar-refractivity contribution is 5.85. The molecule has 198 valence electrons. The lowest BCUT2D eigenvalue weighted by molar-refractivity contribution is -0.141. The van der Waals surface area contributed by atoms with E-state index < -0.39 is 24.2 Å². The number of benzene rings is 2. The Balaban J connectivity index is 1.42. The van der Waals surface area contributed by atoms with E-state index in [-0.39, 0.29) is 18.4 Å². The van der Waals surface area contributed by atoms with E-state index >= 15 is 4.39 Å². The molecule has 1 saturated heterocycles. The third-order valence-corrected chi connectivity index (χ3v) is 7.81. The number of ether oxygens (including phenoxy) is 1. The zero-order valence-corrected chi connectivity index (χ0v) is 21.5. The van der Waals surface area contributed by atoms with Crippen molar-refractivity contribution in [3.8, 4) is 5.75 Å². The van der Waals surface area contributed by atoms with Crippen LogP contribution in [0.1, 0.15) is 61.4 Å². The van der Waals surface area contributed by atoms with Crippen molar-refractivity contribution in [2.45, 2.75) is 57.8 Å². The van der Waals surface area contributed by atoms with Gasteiger partial charge < -0.3 is 14.7 Å². The Kier molecular flexibility index (Phi) is 9.09. The number of methoxy groups -OCH3 is 1. The highest BCUT2D eigenvalue weighted by Crippen LogP contribution is 2.43. The highest BCUT2D eigenvalue weighted by Gasteiger charge is 2.37. The molecule has 0 radical (unpaired) electrons. The molecule has 7 heteroatoms. The topological polar surface area (TPSA) is 62.7 Å². The molecule has 5 nitrogen and oxygen atoms in total. The zero-order chi connectivity index (χ0) is 26.3. The van der Waals surface area contributed by atoms with Crippen LogP contribution < -0.4 is 4.74 Å². The second-order valence-electron chi connectivity index (χ2n) is 10.2. The molecule has 0 spiro atoms. The van der Waals surface area contributed by atoms with E-state index in [1.54, 1.807) is 18.2 Å². The van der Waals surface area contributed by atoms with E-state index in [9.17, 15) is 14.3 Å². The summed E-state index contributed by atoms with van der Waals surface area (Å²) in [6.45, 7) is 1.77. The van der Waals surface area contributed by atoms with Crippen LogP contribution in [0, 0.1) is 5.41 Å². The number of aliphatic carboxylic acids is 1. The number of carboxylic acids is 1. The molecule has 0 aliphatic carbocycles. The molecule has 2 aromatic carbocycles. The number of rotatable bonds is 12. The lowest BCUT2D eigenvalue weighted by Crippen LogP contribution is -2.41. The van der Waals surface area contributed by atoms with Crippen LogP contribution in [0.4, 0.5) is 8.78 Å². The average molecular weight is 511 g/mol. The van der Waals surface area contributed by atoms with Crippen molar-refractivity contribution in [1.82, 2.24) is 9.88 Å². The molecular formula is C30H36F2N2O3. The van der Waals surface area contributed by atoms with E-state index in [0.29, 0.717) is 28.6 Å². The quantitative estimate of drug-likeness (QED) is 0.294. The largest absolute Gasteiger partial charge is 0.497 e. The van der Waals surface area contributed by atoms with Crippen LogP contribution in [0.5, 0.6) is 5.75 Å². The van der Waals surface area contributed by atoms with Crippen LogP contribution in [0.25, 0.3) is 10.9 Å². The van der Waals surface area contributed by atoms with Crippen LogP contribution in [0.2, 0.25) is 0 Å². The molecule has 1 unspecified atom stereocenters. The van der Waals surface area contributed by atoms with Gasteiger partial charge in [0.05, 0.1) is 19.0 Å². The standard InChI is InChI=1S/C30H36F2N2O3/c1-37-24-9-10-27-25(18-24)29(23(20-31)21-33-27)26(32)11-12-30(19-28(35)36)13-16-34(17-14-30)15-5-8-22-6-3-2-4-7-22/h2-4,6-7,9-10,18,21,26H,5,8,11-17,19-20H2,1H3,(H,35,36). The normalized spacial score (nSPS) is 16.5. The van der Waals surface area contributed by atoms with Crippen LogP contribution >= 0.6 is 0 Å². The first kappa shape index (κ1) is 27.0. The Morgan fingerprint density at radius 1 is 1.19 bits per heavy atom. The van der Waals surface area contributed by atoms with Crippen LogP contribution in [-0.4, -0.2) is 47.7 Å². The number of fused-ring (bicyclic) bond motifs is 1. The van der Waals surface area contributed by atoms with Crippen molar-refractivity contribution in [3.63, 3.8) is 0 Å². The summed E-state index contributed by atoms with van der Waals surface area (Å²) in [6, 6.07) is 15.6. The number of likely N-dealkylation sites (tertiary alicyclic amines) is 1. The van der Waals surface area contributed by atoms with Crippen LogP contribution in [0.3, 0.4) is 0 Å². The minimum absolute atomic E-state index is 0.0262. The summed E-state index contributed by atoms with van der Waals surface area (Å²) in [5.74, 6) is -0.294. The third-order valence-electron chi connectivity index (χ3n) is 7.81. The predicted octanol–water partition coefficient (Wildman–Crippen LogP) is 6.69. The van der Waals surface area contributed by atoms with E-state index in [2.05, 4.69) is 34.1 Å². The van der Waals surface area contributed by atoms with Gasteiger partial charge in [-0.2, -0.15) is 0 Å². The summed E-state index contributed by atoms with van der Waals surface area (Å²) >= 11 is 0. The Morgan fingerprint density at radius 3 is 2.62 bits per heavy atom. The van der Waals surface area contributed by atoms with E-state index in [0.717, 1.165) is 45.3 Å². The lowest BCUT2D eigenvalue weighted by Gasteiger charge is -2.41. The molecule has 1 N–H and O–H groups in total. The van der Waals surface area contributed by atoms with Crippen molar-refractivity contribution in [2.75, 3.05) is 26.7 Å². The van der Waals surface area contributed by atoms with Crippen LogP contribution in [0.15, 0.2) is 54.7 Å². The molecule has 1 fully saturated rings. The Morgan fingerprint density at radius 2 is 1.95 bits per heavy atom. The minimum atomic E-state index is -1.42. The summed E-state index contributed by atoms with van der Waals surface area (Å²) < 4.78 is 34.9. The van der Waals surface area contributed by atoms with Crippen molar-refractivity contribution in [3.05, 3.63) is 71.4 Å². The van der Waals surface area contributed by atoms with E-state index in [4.69, 9.17) is 4.74 Å². The summed E-state index contributed by atoms with van der Waals surface area (Å²) in [5, 5.41) is 10.2. The third kappa shape index (κ3) is 6.83. The van der Waals surface area contributed by atoms with Crippen molar-refractivity contribution >= 4 is 16.9 Å². The number of nitrogens with zero attached hydrogens (tertiary/aromatic N) is 2. The molecule has 0 bridgehead atoms. The molecule has 1 aliphatic heterocycles. The molecular weight excluding hydrogens is 474 g/mol. The summed E-state index contributed by atoms with van der Waals surface area (Å²) in [6.07, 6.45) is 4.10. The molecule has 1 aromatic heterocycles. The van der Waals surface area contributed by atoms with Gasteiger partial charge in [0, 0.05) is 22.7 Å². The van der Waals surface area contributed by atoms with Crippen molar-refractivity contribution in [1.29, 1.82) is 0 Å². The van der Waals surface area contributed by atoms with Gasteiger partial charge in [-0.1, -0.05) is 30.3 Å². The van der Waals surface area contributed by atoms with Crippen molar-refractivity contribution in [2.24, 2.45) is 5.41 Å². The maximum Gasteiger partial charge on any atom is 0.303 e. The molecule has 1 aliphatic rings. The van der Waals surface area contributed by atoms with E-state index in [1.165, 1.54) is 18.9 Å². The Hall–Kier alpha value is -3.06. The average Bonchev–Trinajstić information content (AvgIpc) is 2.92. The molecule has 3 aromatic rings. The van der Waals surface area contributed by atoms with Gasteiger partial charge in [-0.3, -0.25) is 9.78 Å². The van der Waals surface area contributed by atoms with Gasteiger partial charge in [-0.25, -0.2) is 8.78 Å². The van der Waals surface area contributed by atoms with E-state index in [1.807, 2.05) is 6.07 Å². The summed E-state index contributed by atoms with van der Waals surface area (Å²) in [7, 11) is 1.53.